The molecule has 0 spiro atoms. The van der Waals surface area contributed by atoms with Crippen LogP contribution in [0, 0.1) is 22.5 Å². The number of para-hydroxylation sites is 1. The molecule has 1 N–H and O–H groups in total. The number of carboxylic acids is 1. The summed E-state index contributed by atoms with van der Waals surface area (Å²) in [7, 11) is 0. The number of hydrogen-bond acceptors (Lipinski definition) is 3. The minimum absolute atomic E-state index is 0.103. The maximum Gasteiger partial charge on any atom is 0.309 e. The van der Waals surface area contributed by atoms with Crippen molar-refractivity contribution in [3.63, 3.8) is 0 Å². The fraction of sp³-hybridized carbons (Fsp3) is 0.500. The van der Waals surface area contributed by atoms with E-state index in [0.29, 0.717) is 30.4 Å². The fourth-order valence-electron chi connectivity index (χ4n) is 2.03. The molecule has 0 fully saturated rings. The van der Waals surface area contributed by atoms with Gasteiger partial charge >= 0.3 is 5.97 Å². The Morgan fingerprint density at radius 3 is 2.58 bits per heavy atom. The Balaban J connectivity index is 2.98. The molecule has 5 heteroatoms. The van der Waals surface area contributed by atoms with Gasteiger partial charge in [-0.05, 0) is 33.1 Å². The standard InChI is InChI=1S/C14H19NO4/c1-4-14(3,13(16)17)9-8-11-7-5-6-10(2)12(11)15(18)19/h5-7H,4,8-9H2,1-3H3,(H,16,17). The summed E-state index contributed by atoms with van der Waals surface area (Å²) >= 11 is 0. The van der Waals surface area contributed by atoms with Crippen molar-refractivity contribution in [2.24, 2.45) is 5.41 Å². The minimum Gasteiger partial charge on any atom is -0.481 e. The zero-order valence-corrected chi connectivity index (χ0v) is 11.5. The molecule has 1 aromatic rings. The van der Waals surface area contributed by atoms with Crippen molar-refractivity contribution in [1.29, 1.82) is 0 Å². The number of aryl methyl sites for hydroxylation is 2. The Labute approximate surface area is 112 Å². The first-order valence-corrected chi connectivity index (χ1v) is 6.28. The number of nitro benzene ring substituents is 1. The first-order chi connectivity index (χ1) is 8.81. The van der Waals surface area contributed by atoms with Gasteiger partial charge in [0, 0.05) is 11.1 Å². The van der Waals surface area contributed by atoms with Crippen molar-refractivity contribution in [2.75, 3.05) is 0 Å². The molecule has 0 saturated carbocycles. The Morgan fingerprint density at radius 1 is 1.47 bits per heavy atom. The molecule has 19 heavy (non-hydrogen) atoms. The third-order valence-electron chi connectivity index (χ3n) is 3.75. The maximum atomic E-state index is 11.2. The van der Waals surface area contributed by atoms with Crippen molar-refractivity contribution >= 4 is 11.7 Å². The summed E-state index contributed by atoms with van der Waals surface area (Å²) < 4.78 is 0. The van der Waals surface area contributed by atoms with Gasteiger partial charge in [-0.3, -0.25) is 14.9 Å². The monoisotopic (exact) mass is 265 g/mol. The van der Waals surface area contributed by atoms with Gasteiger partial charge in [0.15, 0.2) is 0 Å². The van der Waals surface area contributed by atoms with E-state index in [0.717, 1.165) is 0 Å². The zero-order valence-electron chi connectivity index (χ0n) is 11.5. The normalized spacial score (nSPS) is 13.8. The number of carbonyl (C=O) groups is 1. The van der Waals surface area contributed by atoms with E-state index in [2.05, 4.69) is 0 Å². The predicted octanol–water partition coefficient (Wildman–Crippen LogP) is 3.34. The van der Waals surface area contributed by atoms with Crippen LogP contribution >= 0.6 is 0 Å². The lowest BCUT2D eigenvalue weighted by molar-refractivity contribution is -0.386. The quantitative estimate of drug-likeness (QED) is 0.631. The van der Waals surface area contributed by atoms with Crippen molar-refractivity contribution in [3.05, 3.63) is 39.4 Å². The third kappa shape index (κ3) is 3.30. The van der Waals surface area contributed by atoms with E-state index >= 15 is 0 Å². The molecule has 0 aliphatic carbocycles. The summed E-state index contributed by atoms with van der Waals surface area (Å²) in [6, 6.07) is 5.16. The highest BCUT2D eigenvalue weighted by molar-refractivity contribution is 5.74. The molecule has 0 amide bonds. The highest BCUT2D eigenvalue weighted by Crippen LogP contribution is 2.31. The van der Waals surface area contributed by atoms with Crippen molar-refractivity contribution in [3.8, 4) is 0 Å². The van der Waals surface area contributed by atoms with Gasteiger partial charge in [0.1, 0.15) is 0 Å². The van der Waals surface area contributed by atoms with E-state index in [-0.39, 0.29) is 5.69 Å². The molecule has 0 bridgehead atoms. The van der Waals surface area contributed by atoms with E-state index < -0.39 is 16.3 Å². The van der Waals surface area contributed by atoms with Crippen LogP contribution in [0.5, 0.6) is 0 Å². The van der Waals surface area contributed by atoms with Gasteiger partial charge in [0.25, 0.3) is 5.69 Å². The van der Waals surface area contributed by atoms with Gasteiger partial charge in [0.05, 0.1) is 10.3 Å². The smallest absolute Gasteiger partial charge is 0.309 e. The number of carboxylic acid groups (broad SMARTS) is 1. The highest BCUT2D eigenvalue weighted by atomic mass is 16.6. The summed E-state index contributed by atoms with van der Waals surface area (Å²) in [6.45, 7) is 5.19. The van der Waals surface area contributed by atoms with Crippen molar-refractivity contribution < 1.29 is 14.8 Å². The predicted molar refractivity (Wildman–Crippen MR) is 72.2 cm³/mol. The summed E-state index contributed by atoms with van der Waals surface area (Å²) in [5, 5.41) is 20.3. The molecule has 1 atom stereocenters. The van der Waals surface area contributed by atoms with Crippen LogP contribution in [0.3, 0.4) is 0 Å². The minimum atomic E-state index is -0.856. The van der Waals surface area contributed by atoms with E-state index in [4.69, 9.17) is 0 Å². The molecule has 104 valence electrons. The Morgan fingerprint density at radius 2 is 2.11 bits per heavy atom. The van der Waals surface area contributed by atoms with Gasteiger partial charge in [-0.2, -0.15) is 0 Å². The van der Waals surface area contributed by atoms with Gasteiger partial charge in [-0.25, -0.2) is 0 Å². The third-order valence-corrected chi connectivity index (χ3v) is 3.75. The highest BCUT2D eigenvalue weighted by Gasteiger charge is 2.31. The van der Waals surface area contributed by atoms with Crippen molar-refractivity contribution in [2.45, 2.75) is 40.0 Å². The van der Waals surface area contributed by atoms with Crippen LogP contribution in [0.4, 0.5) is 5.69 Å². The number of nitrogens with zero attached hydrogens (tertiary/aromatic N) is 1. The van der Waals surface area contributed by atoms with Crippen LogP contribution in [-0.2, 0) is 11.2 Å². The molecule has 0 aromatic heterocycles. The summed E-state index contributed by atoms with van der Waals surface area (Å²) in [4.78, 5) is 21.9. The van der Waals surface area contributed by atoms with Crippen LogP contribution in [-0.4, -0.2) is 16.0 Å². The van der Waals surface area contributed by atoms with Gasteiger partial charge < -0.3 is 5.11 Å². The Bertz CT molecular complexity index is 498. The zero-order chi connectivity index (χ0) is 14.6. The molecule has 0 radical (unpaired) electrons. The van der Waals surface area contributed by atoms with E-state index in [1.165, 1.54) is 0 Å². The van der Waals surface area contributed by atoms with Gasteiger partial charge in [-0.1, -0.05) is 25.1 Å². The average Bonchev–Trinajstić information content (AvgIpc) is 2.35. The second-order valence-electron chi connectivity index (χ2n) is 5.06. The molecule has 1 rings (SSSR count). The molecule has 0 aliphatic heterocycles. The first-order valence-electron chi connectivity index (χ1n) is 6.28. The Hall–Kier alpha value is -1.91. The summed E-state index contributed by atoms with van der Waals surface area (Å²) in [6.07, 6.45) is 1.29. The molecular formula is C14H19NO4. The number of benzene rings is 1. The maximum absolute atomic E-state index is 11.2. The van der Waals surface area contributed by atoms with Crippen LogP contribution in [0.1, 0.15) is 37.8 Å². The SMILES string of the molecule is CCC(C)(CCc1cccc(C)c1[N+](=O)[O-])C(=O)O. The summed E-state index contributed by atoms with van der Waals surface area (Å²) in [5.41, 5.74) is 0.478. The van der Waals surface area contributed by atoms with Crippen LogP contribution in [0.25, 0.3) is 0 Å². The molecule has 1 aromatic carbocycles. The van der Waals surface area contributed by atoms with Gasteiger partial charge in [-0.15, -0.1) is 0 Å². The number of rotatable bonds is 6. The second-order valence-corrected chi connectivity index (χ2v) is 5.06. The van der Waals surface area contributed by atoms with E-state index in [1.807, 2.05) is 6.92 Å². The van der Waals surface area contributed by atoms with Gasteiger partial charge in [0.2, 0.25) is 0 Å². The molecular weight excluding hydrogens is 246 g/mol. The topological polar surface area (TPSA) is 80.4 Å². The van der Waals surface area contributed by atoms with E-state index in [1.54, 1.807) is 32.0 Å². The number of nitro groups is 1. The number of hydrogen-bond donors (Lipinski definition) is 1. The second kappa shape index (κ2) is 5.82. The van der Waals surface area contributed by atoms with Crippen LogP contribution in [0.2, 0.25) is 0 Å². The summed E-state index contributed by atoms with van der Waals surface area (Å²) in [5.74, 6) is -0.856. The fourth-order valence-corrected chi connectivity index (χ4v) is 2.03. The van der Waals surface area contributed by atoms with Crippen molar-refractivity contribution in [1.82, 2.24) is 0 Å². The molecule has 1 unspecified atom stereocenters. The lowest BCUT2D eigenvalue weighted by atomic mass is 9.81. The number of aliphatic carboxylic acids is 1. The first kappa shape index (κ1) is 15.1. The van der Waals surface area contributed by atoms with Crippen LogP contribution < -0.4 is 0 Å². The average molecular weight is 265 g/mol. The molecule has 0 saturated heterocycles. The largest absolute Gasteiger partial charge is 0.481 e. The molecule has 0 heterocycles. The Kier molecular flexibility index (Phi) is 4.64. The lowest BCUT2D eigenvalue weighted by Gasteiger charge is -2.22. The lowest BCUT2D eigenvalue weighted by Crippen LogP contribution is -2.27. The molecule has 5 nitrogen and oxygen atoms in total. The molecule has 0 aliphatic rings. The van der Waals surface area contributed by atoms with E-state index in [9.17, 15) is 20.0 Å². The van der Waals surface area contributed by atoms with Crippen LogP contribution in [0.15, 0.2) is 18.2 Å².